The van der Waals surface area contributed by atoms with E-state index < -0.39 is 10.9 Å². The number of hydrogen-bond donors (Lipinski definition) is 0. The molecule has 8 nitrogen and oxygen atoms in total. The molecule has 0 amide bonds. The second-order valence-electron chi connectivity index (χ2n) is 3.82. The monoisotopic (exact) mass is 262 g/mol. The molecule has 2 rings (SSSR count). The molecule has 0 aliphatic carbocycles. The molecule has 1 heterocycles. The Hall–Kier alpha value is -2.77. The van der Waals surface area contributed by atoms with E-state index >= 15 is 0 Å². The van der Waals surface area contributed by atoms with E-state index in [0.29, 0.717) is 11.4 Å². The van der Waals surface area contributed by atoms with Gasteiger partial charge in [0.1, 0.15) is 5.69 Å². The molecule has 0 spiro atoms. The average molecular weight is 262 g/mol. The number of benzene rings is 1. The van der Waals surface area contributed by atoms with Gasteiger partial charge in [0.05, 0.1) is 16.2 Å². The molecule has 0 saturated carbocycles. The molecule has 0 bridgehead atoms. The Kier molecular flexibility index (Phi) is 3.23. The van der Waals surface area contributed by atoms with E-state index in [0.717, 1.165) is 4.85 Å². The van der Waals surface area contributed by atoms with Crippen LogP contribution in [-0.4, -0.2) is 26.0 Å². The Bertz CT molecular complexity index is 633. The van der Waals surface area contributed by atoms with E-state index in [1.807, 2.05) is 0 Å². The van der Waals surface area contributed by atoms with Gasteiger partial charge in [-0.3, -0.25) is 10.1 Å². The molecule has 0 fully saturated rings. The minimum atomic E-state index is -0.664. The fourth-order valence-electron chi connectivity index (χ4n) is 1.32. The summed E-state index contributed by atoms with van der Waals surface area (Å²) in [6.07, 6.45) is 0. The molecule has 0 radical (unpaired) electrons. The predicted octanol–water partition coefficient (Wildman–Crippen LogP) is 1.07. The third kappa shape index (κ3) is 2.57. The molecule has 98 valence electrons. The van der Waals surface area contributed by atoms with Gasteiger partial charge >= 0.3 is 5.97 Å². The highest BCUT2D eigenvalue weighted by atomic mass is 16.7. The summed E-state index contributed by atoms with van der Waals surface area (Å²) in [5.41, 5.74) is 1.36. The van der Waals surface area contributed by atoms with Gasteiger partial charge in [-0.15, -0.1) is 5.10 Å². The third-order valence-corrected chi connectivity index (χ3v) is 2.57. The Balaban J connectivity index is 2.16. The number of nitro benzene ring substituents is 1. The SMILES string of the molecule is Cc1nnn(OC(=O)c2ccc([N+](=O)[O-])cc2)c1C. The highest BCUT2D eigenvalue weighted by Crippen LogP contribution is 2.12. The van der Waals surface area contributed by atoms with E-state index in [4.69, 9.17) is 4.84 Å². The number of nitro groups is 1. The van der Waals surface area contributed by atoms with E-state index in [2.05, 4.69) is 10.3 Å². The summed E-state index contributed by atoms with van der Waals surface area (Å²) < 4.78 is 0. The summed E-state index contributed by atoms with van der Waals surface area (Å²) in [6.45, 7) is 3.44. The van der Waals surface area contributed by atoms with E-state index in [1.165, 1.54) is 24.3 Å². The number of non-ortho nitro benzene ring substituents is 1. The van der Waals surface area contributed by atoms with Crippen molar-refractivity contribution in [3.63, 3.8) is 0 Å². The Morgan fingerprint density at radius 3 is 2.42 bits per heavy atom. The van der Waals surface area contributed by atoms with Crippen LogP contribution in [0.1, 0.15) is 21.7 Å². The predicted molar refractivity (Wildman–Crippen MR) is 63.5 cm³/mol. The smallest absolute Gasteiger partial charge is 0.312 e. The number of carbonyl (C=O) groups excluding carboxylic acids is 1. The van der Waals surface area contributed by atoms with Crippen molar-refractivity contribution in [3.05, 3.63) is 51.3 Å². The van der Waals surface area contributed by atoms with Gasteiger partial charge in [-0.1, -0.05) is 4.85 Å². The number of nitrogens with zero attached hydrogens (tertiary/aromatic N) is 4. The molecule has 1 aromatic heterocycles. The van der Waals surface area contributed by atoms with Crippen molar-refractivity contribution < 1.29 is 14.6 Å². The molecule has 8 heteroatoms. The van der Waals surface area contributed by atoms with E-state index in [1.54, 1.807) is 13.8 Å². The van der Waals surface area contributed by atoms with Gasteiger partial charge in [-0.05, 0) is 31.2 Å². The van der Waals surface area contributed by atoms with Crippen LogP contribution in [0.25, 0.3) is 0 Å². The summed E-state index contributed by atoms with van der Waals surface area (Å²) in [5, 5.41) is 17.9. The second kappa shape index (κ2) is 4.84. The Morgan fingerprint density at radius 2 is 1.95 bits per heavy atom. The molecule has 0 aliphatic heterocycles. The quantitative estimate of drug-likeness (QED) is 0.466. The van der Waals surface area contributed by atoms with Crippen LogP contribution >= 0.6 is 0 Å². The zero-order valence-electron chi connectivity index (χ0n) is 10.2. The molecule has 19 heavy (non-hydrogen) atoms. The lowest BCUT2D eigenvalue weighted by atomic mass is 10.2. The summed E-state index contributed by atoms with van der Waals surface area (Å²) in [5.74, 6) is -0.664. The normalized spacial score (nSPS) is 10.2. The lowest BCUT2D eigenvalue weighted by Gasteiger charge is -2.03. The molecule has 0 saturated heterocycles. The highest BCUT2D eigenvalue weighted by molar-refractivity contribution is 5.89. The molecule has 1 aromatic carbocycles. The number of aryl methyl sites for hydroxylation is 1. The second-order valence-corrected chi connectivity index (χ2v) is 3.82. The van der Waals surface area contributed by atoms with Crippen LogP contribution < -0.4 is 4.84 Å². The summed E-state index contributed by atoms with van der Waals surface area (Å²) in [6, 6.07) is 5.10. The first-order valence-corrected chi connectivity index (χ1v) is 5.35. The van der Waals surface area contributed by atoms with Gasteiger partial charge in [0.2, 0.25) is 0 Å². The van der Waals surface area contributed by atoms with Crippen LogP contribution in [0, 0.1) is 24.0 Å². The average Bonchev–Trinajstić information content (AvgIpc) is 2.71. The van der Waals surface area contributed by atoms with Crippen LogP contribution in [0.3, 0.4) is 0 Å². The van der Waals surface area contributed by atoms with Crippen LogP contribution in [0.2, 0.25) is 0 Å². The van der Waals surface area contributed by atoms with Crippen molar-refractivity contribution in [2.75, 3.05) is 0 Å². The fourth-order valence-corrected chi connectivity index (χ4v) is 1.32. The van der Waals surface area contributed by atoms with Crippen molar-refractivity contribution >= 4 is 11.7 Å². The van der Waals surface area contributed by atoms with Crippen molar-refractivity contribution in [1.29, 1.82) is 0 Å². The van der Waals surface area contributed by atoms with Gasteiger partial charge in [0, 0.05) is 12.1 Å². The van der Waals surface area contributed by atoms with Crippen molar-refractivity contribution in [2.45, 2.75) is 13.8 Å². The van der Waals surface area contributed by atoms with Gasteiger partial charge in [0.15, 0.2) is 0 Å². The third-order valence-electron chi connectivity index (χ3n) is 2.57. The van der Waals surface area contributed by atoms with Crippen LogP contribution in [0.5, 0.6) is 0 Å². The largest absolute Gasteiger partial charge is 0.365 e. The molecule has 0 atom stereocenters. The summed E-state index contributed by atoms with van der Waals surface area (Å²) >= 11 is 0. The van der Waals surface area contributed by atoms with Gasteiger partial charge in [-0.2, -0.15) is 0 Å². The highest BCUT2D eigenvalue weighted by Gasteiger charge is 2.14. The molecule has 2 aromatic rings. The first-order valence-electron chi connectivity index (χ1n) is 5.35. The lowest BCUT2D eigenvalue weighted by Crippen LogP contribution is -2.22. The Morgan fingerprint density at radius 1 is 1.32 bits per heavy atom. The number of aromatic nitrogens is 3. The van der Waals surface area contributed by atoms with Crippen LogP contribution in [-0.2, 0) is 0 Å². The van der Waals surface area contributed by atoms with Gasteiger partial charge in [0.25, 0.3) is 5.69 Å². The van der Waals surface area contributed by atoms with Gasteiger partial charge < -0.3 is 4.84 Å². The maximum Gasteiger partial charge on any atom is 0.365 e. The molecular weight excluding hydrogens is 252 g/mol. The van der Waals surface area contributed by atoms with E-state index in [9.17, 15) is 14.9 Å². The maximum atomic E-state index is 11.8. The first-order chi connectivity index (χ1) is 8.99. The number of rotatable bonds is 3. The topological polar surface area (TPSA) is 100 Å². The summed E-state index contributed by atoms with van der Waals surface area (Å²) in [4.78, 5) is 27.7. The minimum absolute atomic E-state index is 0.0932. The molecule has 0 N–H and O–H groups in total. The zero-order chi connectivity index (χ0) is 14.0. The molecule has 0 aliphatic rings. The van der Waals surface area contributed by atoms with Crippen LogP contribution in [0.15, 0.2) is 24.3 Å². The number of carbonyl (C=O) groups is 1. The van der Waals surface area contributed by atoms with Crippen molar-refractivity contribution in [1.82, 2.24) is 15.2 Å². The minimum Gasteiger partial charge on any atom is -0.312 e. The standard InChI is InChI=1S/C11H10N4O4/c1-7-8(2)14(13-12-7)19-11(16)9-3-5-10(6-4-9)15(17)18/h3-6H,1-2H3. The Labute approximate surface area is 107 Å². The van der Waals surface area contributed by atoms with Crippen molar-refractivity contribution in [3.8, 4) is 0 Å². The first kappa shape index (κ1) is 12.7. The zero-order valence-corrected chi connectivity index (χ0v) is 10.2. The van der Waals surface area contributed by atoms with E-state index in [-0.39, 0.29) is 11.3 Å². The number of hydrogen-bond acceptors (Lipinski definition) is 6. The molecular formula is C11H10N4O4. The molecule has 0 unspecified atom stereocenters. The van der Waals surface area contributed by atoms with Crippen LogP contribution in [0.4, 0.5) is 5.69 Å². The maximum absolute atomic E-state index is 11.8. The summed E-state index contributed by atoms with van der Waals surface area (Å²) in [7, 11) is 0. The van der Waals surface area contributed by atoms with Gasteiger partial charge in [-0.25, -0.2) is 4.79 Å². The fraction of sp³-hybridized carbons (Fsp3) is 0.182. The van der Waals surface area contributed by atoms with Crippen molar-refractivity contribution in [2.24, 2.45) is 0 Å². The lowest BCUT2D eigenvalue weighted by molar-refractivity contribution is -0.384.